The zero-order valence-electron chi connectivity index (χ0n) is 8.93. The SMILES string of the molecule is O=C(O)c1ccc(Sc2ncccc2Cl)c(F)c1. The second kappa shape index (κ2) is 5.37. The maximum Gasteiger partial charge on any atom is 0.335 e. The molecular formula is C12H7ClFNO2S. The van der Waals surface area contributed by atoms with Crippen LogP contribution in [0.2, 0.25) is 5.02 Å². The number of carboxylic acids is 1. The molecule has 0 spiro atoms. The first kappa shape index (κ1) is 12.9. The number of hydrogen-bond donors (Lipinski definition) is 1. The zero-order valence-corrected chi connectivity index (χ0v) is 10.5. The van der Waals surface area contributed by atoms with E-state index < -0.39 is 11.8 Å². The molecule has 0 amide bonds. The average molecular weight is 284 g/mol. The number of rotatable bonds is 3. The standard InChI is InChI=1S/C12H7ClFNO2S/c13-8-2-1-5-15-11(8)18-10-4-3-7(12(16)17)6-9(10)14/h1-6H,(H,16,17). The minimum Gasteiger partial charge on any atom is -0.478 e. The van der Waals surface area contributed by atoms with Gasteiger partial charge in [0.1, 0.15) is 10.8 Å². The van der Waals surface area contributed by atoms with Gasteiger partial charge in [-0.2, -0.15) is 0 Å². The van der Waals surface area contributed by atoms with Crippen LogP contribution in [0.15, 0.2) is 46.5 Å². The molecule has 18 heavy (non-hydrogen) atoms. The van der Waals surface area contributed by atoms with Crippen molar-refractivity contribution in [3.8, 4) is 0 Å². The van der Waals surface area contributed by atoms with E-state index in [1.165, 1.54) is 12.1 Å². The van der Waals surface area contributed by atoms with Crippen LogP contribution in [0, 0.1) is 5.82 Å². The molecule has 1 aromatic heterocycles. The van der Waals surface area contributed by atoms with Crippen LogP contribution in [0.5, 0.6) is 0 Å². The fourth-order valence-corrected chi connectivity index (χ4v) is 2.28. The number of aromatic nitrogens is 1. The first-order valence-electron chi connectivity index (χ1n) is 4.89. The van der Waals surface area contributed by atoms with Crippen LogP contribution in [0.25, 0.3) is 0 Å². The number of aromatic carboxylic acids is 1. The highest BCUT2D eigenvalue weighted by molar-refractivity contribution is 7.99. The van der Waals surface area contributed by atoms with Crippen molar-refractivity contribution in [3.63, 3.8) is 0 Å². The van der Waals surface area contributed by atoms with Crippen LogP contribution in [0.3, 0.4) is 0 Å². The van der Waals surface area contributed by atoms with Crippen molar-refractivity contribution in [2.45, 2.75) is 9.92 Å². The van der Waals surface area contributed by atoms with E-state index in [0.29, 0.717) is 10.0 Å². The van der Waals surface area contributed by atoms with Crippen molar-refractivity contribution in [3.05, 3.63) is 52.9 Å². The van der Waals surface area contributed by atoms with E-state index >= 15 is 0 Å². The molecule has 0 saturated heterocycles. The second-order valence-corrected chi connectivity index (χ2v) is 4.78. The van der Waals surface area contributed by atoms with Crippen LogP contribution in [0.1, 0.15) is 10.4 Å². The number of benzene rings is 1. The van der Waals surface area contributed by atoms with Gasteiger partial charge in [-0.1, -0.05) is 23.4 Å². The third-order valence-corrected chi connectivity index (χ3v) is 3.60. The van der Waals surface area contributed by atoms with Gasteiger partial charge in [0.05, 0.1) is 10.6 Å². The minimum atomic E-state index is -1.17. The Kier molecular flexibility index (Phi) is 3.84. The van der Waals surface area contributed by atoms with Gasteiger partial charge in [-0.25, -0.2) is 14.2 Å². The number of pyridine rings is 1. The lowest BCUT2D eigenvalue weighted by atomic mass is 10.2. The van der Waals surface area contributed by atoms with Gasteiger partial charge in [0.25, 0.3) is 0 Å². The van der Waals surface area contributed by atoms with E-state index in [0.717, 1.165) is 17.8 Å². The third-order valence-electron chi connectivity index (χ3n) is 2.11. The van der Waals surface area contributed by atoms with Crippen LogP contribution < -0.4 is 0 Å². The Morgan fingerprint density at radius 1 is 1.39 bits per heavy atom. The monoisotopic (exact) mass is 283 g/mol. The van der Waals surface area contributed by atoms with Crippen LogP contribution in [-0.4, -0.2) is 16.1 Å². The number of carboxylic acid groups (broad SMARTS) is 1. The van der Waals surface area contributed by atoms with Crippen molar-refractivity contribution in [2.24, 2.45) is 0 Å². The second-order valence-electron chi connectivity index (χ2n) is 3.34. The molecule has 0 unspecified atom stereocenters. The van der Waals surface area contributed by atoms with E-state index in [2.05, 4.69) is 4.98 Å². The summed E-state index contributed by atoms with van der Waals surface area (Å²) in [6.07, 6.45) is 1.55. The predicted molar refractivity (Wildman–Crippen MR) is 66.7 cm³/mol. The van der Waals surface area contributed by atoms with Crippen molar-refractivity contribution in [1.82, 2.24) is 4.98 Å². The molecule has 0 fully saturated rings. The smallest absolute Gasteiger partial charge is 0.335 e. The number of hydrogen-bond acceptors (Lipinski definition) is 3. The summed E-state index contributed by atoms with van der Waals surface area (Å²) in [6, 6.07) is 7.04. The van der Waals surface area contributed by atoms with Gasteiger partial charge in [0, 0.05) is 11.1 Å². The molecule has 1 aromatic carbocycles. The fraction of sp³-hybridized carbons (Fsp3) is 0. The molecule has 0 aliphatic heterocycles. The lowest BCUT2D eigenvalue weighted by Crippen LogP contribution is -1.97. The van der Waals surface area contributed by atoms with Crippen molar-refractivity contribution >= 4 is 29.3 Å². The summed E-state index contributed by atoms with van der Waals surface area (Å²) >= 11 is 6.96. The molecule has 3 nitrogen and oxygen atoms in total. The summed E-state index contributed by atoms with van der Waals surface area (Å²) in [6.45, 7) is 0. The summed E-state index contributed by atoms with van der Waals surface area (Å²) in [5, 5.41) is 9.62. The molecule has 0 aliphatic rings. The maximum absolute atomic E-state index is 13.7. The Hall–Kier alpha value is -1.59. The number of nitrogens with zero attached hydrogens (tertiary/aromatic N) is 1. The van der Waals surface area contributed by atoms with Crippen LogP contribution in [0.4, 0.5) is 4.39 Å². The molecule has 0 saturated carbocycles. The molecule has 1 N–H and O–H groups in total. The quantitative estimate of drug-likeness (QED) is 0.932. The fourth-order valence-electron chi connectivity index (χ4n) is 1.27. The van der Waals surface area contributed by atoms with Gasteiger partial charge < -0.3 is 5.11 Å². The van der Waals surface area contributed by atoms with Gasteiger partial charge >= 0.3 is 5.97 Å². The Morgan fingerprint density at radius 3 is 2.78 bits per heavy atom. The zero-order chi connectivity index (χ0) is 13.1. The number of carbonyl (C=O) groups is 1. The van der Waals surface area contributed by atoms with Gasteiger partial charge in [-0.15, -0.1) is 0 Å². The van der Waals surface area contributed by atoms with E-state index in [1.54, 1.807) is 18.3 Å². The topological polar surface area (TPSA) is 50.2 Å². The van der Waals surface area contributed by atoms with E-state index in [1.807, 2.05) is 0 Å². The average Bonchev–Trinajstić information content (AvgIpc) is 2.34. The largest absolute Gasteiger partial charge is 0.478 e. The minimum absolute atomic E-state index is 0.0935. The Labute approximate surface area is 112 Å². The highest BCUT2D eigenvalue weighted by atomic mass is 35.5. The van der Waals surface area contributed by atoms with Gasteiger partial charge in [-0.3, -0.25) is 0 Å². The Morgan fingerprint density at radius 2 is 2.17 bits per heavy atom. The molecule has 0 bridgehead atoms. The first-order chi connectivity index (χ1) is 8.58. The first-order valence-corrected chi connectivity index (χ1v) is 6.08. The highest BCUT2D eigenvalue weighted by Crippen LogP contribution is 2.33. The summed E-state index contributed by atoms with van der Waals surface area (Å²) in [5.41, 5.74) is -0.0935. The van der Waals surface area contributed by atoms with Gasteiger partial charge in [0.2, 0.25) is 0 Å². The van der Waals surface area contributed by atoms with Crippen molar-refractivity contribution in [2.75, 3.05) is 0 Å². The van der Waals surface area contributed by atoms with Gasteiger partial charge in [0.15, 0.2) is 0 Å². The van der Waals surface area contributed by atoms with Crippen LogP contribution >= 0.6 is 23.4 Å². The number of halogens is 2. The molecule has 0 aliphatic carbocycles. The third kappa shape index (κ3) is 2.80. The molecule has 92 valence electrons. The lowest BCUT2D eigenvalue weighted by molar-refractivity contribution is 0.0696. The van der Waals surface area contributed by atoms with Crippen LogP contribution in [-0.2, 0) is 0 Å². The molecule has 0 atom stereocenters. The Bertz CT molecular complexity index is 606. The molecule has 1 heterocycles. The molecule has 2 rings (SSSR count). The summed E-state index contributed by atoms with van der Waals surface area (Å²) < 4.78 is 13.7. The van der Waals surface area contributed by atoms with Gasteiger partial charge in [-0.05, 0) is 30.3 Å². The maximum atomic E-state index is 13.7. The lowest BCUT2D eigenvalue weighted by Gasteiger charge is -2.04. The summed E-state index contributed by atoms with van der Waals surface area (Å²) in [7, 11) is 0. The normalized spacial score (nSPS) is 10.3. The Balaban J connectivity index is 2.30. The predicted octanol–water partition coefficient (Wildman–Crippen LogP) is 3.72. The van der Waals surface area contributed by atoms with E-state index in [9.17, 15) is 9.18 Å². The van der Waals surface area contributed by atoms with Crippen molar-refractivity contribution < 1.29 is 14.3 Å². The molecule has 2 aromatic rings. The van der Waals surface area contributed by atoms with E-state index in [4.69, 9.17) is 16.7 Å². The van der Waals surface area contributed by atoms with E-state index in [-0.39, 0.29) is 10.5 Å². The van der Waals surface area contributed by atoms with Crippen molar-refractivity contribution in [1.29, 1.82) is 0 Å². The highest BCUT2D eigenvalue weighted by Gasteiger charge is 2.11. The summed E-state index contributed by atoms with van der Waals surface area (Å²) in [5.74, 6) is -1.78. The summed E-state index contributed by atoms with van der Waals surface area (Å²) in [4.78, 5) is 15.0. The molecular weight excluding hydrogens is 277 g/mol. The molecule has 6 heteroatoms. The molecule has 0 radical (unpaired) electrons.